The Morgan fingerprint density at radius 2 is 1.68 bits per heavy atom. The number of carboxylic acid groups (broad SMARTS) is 1. The SMILES string of the molecule is CC(C)(C)OC(=O)N(Cc1ccc(C#N)cc1)C(C(=O)O)C(C)(C)C. The number of aliphatic carboxylic acids is 1. The maximum Gasteiger partial charge on any atom is 0.411 e. The molecule has 0 heterocycles. The minimum absolute atomic E-state index is 0.0782. The van der Waals surface area contributed by atoms with E-state index in [1.807, 2.05) is 6.07 Å². The van der Waals surface area contributed by atoms with Crippen molar-refractivity contribution >= 4 is 12.1 Å². The Bertz CT molecular complexity index is 661. The van der Waals surface area contributed by atoms with Crippen LogP contribution < -0.4 is 0 Å². The van der Waals surface area contributed by atoms with Crippen molar-refractivity contribution in [3.8, 4) is 6.07 Å². The molecule has 136 valence electrons. The lowest BCUT2D eigenvalue weighted by Gasteiger charge is -2.38. The molecule has 0 bridgehead atoms. The number of nitriles is 1. The Morgan fingerprint density at radius 3 is 2.04 bits per heavy atom. The molecule has 0 aliphatic heterocycles. The first-order valence-electron chi connectivity index (χ1n) is 8.06. The molecule has 1 amide bonds. The Kier molecular flexibility index (Phi) is 6.20. The molecule has 1 rings (SSSR count). The fourth-order valence-corrected chi connectivity index (χ4v) is 2.43. The van der Waals surface area contributed by atoms with Gasteiger partial charge in [0.1, 0.15) is 11.6 Å². The summed E-state index contributed by atoms with van der Waals surface area (Å²) in [6.07, 6.45) is -0.681. The molecule has 1 N–H and O–H groups in total. The quantitative estimate of drug-likeness (QED) is 0.895. The van der Waals surface area contributed by atoms with Gasteiger partial charge in [-0.3, -0.25) is 4.90 Å². The van der Waals surface area contributed by atoms with Crippen molar-refractivity contribution in [1.29, 1.82) is 5.26 Å². The smallest absolute Gasteiger partial charge is 0.411 e. The zero-order chi connectivity index (χ0) is 19.4. The second-order valence-electron chi connectivity index (χ2n) is 8.02. The molecule has 1 atom stereocenters. The highest BCUT2D eigenvalue weighted by atomic mass is 16.6. The third-order valence-corrected chi connectivity index (χ3v) is 3.43. The summed E-state index contributed by atoms with van der Waals surface area (Å²) >= 11 is 0. The molecule has 1 aromatic rings. The van der Waals surface area contributed by atoms with Crippen LogP contribution in [0.2, 0.25) is 0 Å². The minimum atomic E-state index is -1.09. The van der Waals surface area contributed by atoms with Crippen molar-refractivity contribution in [2.45, 2.75) is 59.7 Å². The van der Waals surface area contributed by atoms with Crippen LogP contribution in [0.4, 0.5) is 4.79 Å². The summed E-state index contributed by atoms with van der Waals surface area (Å²) in [4.78, 5) is 25.8. The van der Waals surface area contributed by atoms with Crippen molar-refractivity contribution in [2.24, 2.45) is 5.41 Å². The molecule has 0 spiro atoms. The molecular formula is C19H26N2O4. The van der Waals surface area contributed by atoms with E-state index in [0.717, 1.165) is 5.56 Å². The summed E-state index contributed by atoms with van der Waals surface area (Å²) < 4.78 is 5.41. The molecule has 0 fully saturated rings. The largest absolute Gasteiger partial charge is 0.480 e. The van der Waals surface area contributed by atoms with Gasteiger partial charge in [0.25, 0.3) is 0 Å². The molecule has 6 heteroatoms. The molecule has 0 aliphatic rings. The number of benzene rings is 1. The molecule has 1 aromatic carbocycles. The van der Waals surface area contributed by atoms with Gasteiger partial charge in [-0.05, 0) is 43.9 Å². The van der Waals surface area contributed by atoms with E-state index in [4.69, 9.17) is 10.00 Å². The zero-order valence-corrected chi connectivity index (χ0v) is 15.7. The summed E-state index contributed by atoms with van der Waals surface area (Å²) in [5, 5.41) is 18.6. The van der Waals surface area contributed by atoms with Gasteiger partial charge in [-0.25, -0.2) is 9.59 Å². The Morgan fingerprint density at radius 1 is 1.16 bits per heavy atom. The van der Waals surface area contributed by atoms with Crippen molar-refractivity contribution in [1.82, 2.24) is 4.90 Å². The second-order valence-corrected chi connectivity index (χ2v) is 8.02. The van der Waals surface area contributed by atoms with Gasteiger partial charge in [0.2, 0.25) is 0 Å². The third kappa shape index (κ3) is 6.11. The van der Waals surface area contributed by atoms with Crippen LogP contribution in [-0.2, 0) is 16.1 Å². The topological polar surface area (TPSA) is 90.6 Å². The number of rotatable bonds is 4. The van der Waals surface area contributed by atoms with Crippen LogP contribution in [0.1, 0.15) is 52.7 Å². The van der Waals surface area contributed by atoms with Crippen LogP contribution in [0.15, 0.2) is 24.3 Å². The van der Waals surface area contributed by atoms with E-state index in [2.05, 4.69) is 0 Å². The Balaban J connectivity index is 3.23. The normalized spacial score (nSPS) is 12.8. The summed E-state index contributed by atoms with van der Waals surface area (Å²) in [7, 11) is 0. The highest BCUT2D eigenvalue weighted by molar-refractivity contribution is 5.81. The maximum absolute atomic E-state index is 12.7. The highest BCUT2D eigenvalue weighted by Gasteiger charge is 2.40. The van der Waals surface area contributed by atoms with Crippen molar-refractivity contribution in [3.05, 3.63) is 35.4 Å². The molecule has 1 unspecified atom stereocenters. The number of carboxylic acids is 1. The molecular weight excluding hydrogens is 320 g/mol. The van der Waals surface area contributed by atoms with Gasteiger partial charge >= 0.3 is 12.1 Å². The number of amides is 1. The van der Waals surface area contributed by atoms with E-state index >= 15 is 0 Å². The fourth-order valence-electron chi connectivity index (χ4n) is 2.43. The molecule has 6 nitrogen and oxygen atoms in total. The Labute approximate surface area is 149 Å². The molecule has 0 radical (unpaired) electrons. The van der Waals surface area contributed by atoms with Gasteiger partial charge in [-0.15, -0.1) is 0 Å². The number of carbonyl (C=O) groups is 2. The standard InChI is InChI=1S/C19H26N2O4/c1-18(2,3)15(16(22)23)21(17(24)25-19(4,5)6)12-14-9-7-13(11-20)8-10-14/h7-10,15H,12H2,1-6H3,(H,22,23). The van der Waals surface area contributed by atoms with Crippen molar-refractivity contribution < 1.29 is 19.4 Å². The lowest BCUT2D eigenvalue weighted by molar-refractivity contribution is -0.147. The zero-order valence-electron chi connectivity index (χ0n) is 15.7. The predicted molar refractivity (Wildman–Crippen MR) is 93.8 cm³/mol. The number of carbonyl (C=O) groups excluding carboxylic acids is 1. The molecule has 0 saturated heterocycles. The molecule has 0 saturated carbocycles. The van der Waals surface area contributed by atoms with E-state index in [1.165, 1.54) is 4.90 Å². The van der Waals surface area contributed by atoms with Gasteiger partial charge < -0.3 is 9.84 Å². The molecule has 25 heavy (non-hydrogen) atoms. The first-order valence-corrected chi connectivity index (χ1v) is 8.06. The minimum Gasteiger partial charge on any atom is -0.480 e. The van der Waals surface area contributed by atoms with Crippen LogP contribution in [0, 0.1) is 16.7 Å². The lowest BCUT2D eigenvalue weighted by atomic mass is 9.85. The first kappa shape index (κ1) is 20.5. The molecule has 0 aliphatic carbocycles. The van der Waals surface area contributed by atoms with Crippen LogP contribution in [0.3, 0.4) is 0 Å². The predicted octanol–water partition coefficient (Wildman–Crippen LogP) is 3.79. The number of ether oxygens (including phenoxy) is 1. The van der Waals surface area contributed by atoms with Gasteiger partial charge in [-0.2, -0.15) is 5.26 Å². The summed E-state index contributed by atoms with van der Waals surface area (Å²) in [6.45, 7) is 10.6. The van der Waals surface area contributed by atoms with E-state index < -0.39 is 29.1 Å². The number of nitrogens with zero attached hydrogens (tertiary/aromatic N) is 2. The van der Waals surface area contributed by atoms with Crippen LogP contribution >= 0.6 is 0 Å². The van der Waals surface area contributed by atoms with Gasteiger partial charge in [0.15, 0.2) is 0 Å². The fraction of sp³-hybridized carbons (Fsp3) is 0.526. The van der Waals surface area contributed by atoms with E-state index in [1.54, 1.807) is 65.8 Å². The van der Waals surface area contributed by atoms with Crippen molar-refractivity contribution in [3.63, 3.8) is 0 Å². The average Bonchev–Trinajstić information content (AvgIpc) is 2.43. The van der Waals surface area contributed by atoms with Crippen LogP contribution in [0.5, 0.6) is 0 Å². The Hall–Kier alpha value is -2.55. The summed E-state index contributed by atoms with van der Waals surface area (Å²) in [5.74, 6) is -1.09. The summed E-state index contributed by atoms with van der Waals surface area (Å²) in [5.41, 5.74) is -0.200. The van der Waals surface area contributed by atoms with E-state index in [0.29, 0.717) is 5.56 Å². The number of hydrogen-bond acceptors (Lipinski definition) is 4. The van der Waals surface area contributed by atoms with Gasteiger partial charge in [0, 0.05) is 6.54 Å². The average molecular weight is 346 g/mol. The lowest BCUT2D eigenvalue weighted by Crippen LogP contribution is -2.52. The van der Waals surface area contributed by atoms with E-state index in [-0.39, 0.29) is 6.54 Å². The monoisotopic (exact) mass is 346 g/mol. The van der Waals surface area contributed by atoms with Crippen molar-refractivity contribution in [2.75, 3.05) is 0 Å². The van der Waals surface area contributed by atoms with Gasteiger partial charge in [-0.1, -0.05) is 32.9 Å². The van der Waals surface area contributed by atoms with E-state index in [9.17, 15) is 14.7 Å². The first-order chi connectivity index (χ1) is 11.3. The third-order valence-electron chi connectivity index (χ3n) is 3.43. The second kappa shape index (κ2) is 7.56. The van der Waals surface area contributed by atoms with Gasteiger partial charge in [0.05, 0.1) is 11.6 Å². The highest BCUT2D eigenvalue weighted by Crippen LogP contribution is 2.28. The molecule has 0 aromatic heterocycles. The number of hydrogen-bond donors (Lipinski definition) is 1. The summed E-state index contributed by atoms with van der Waals surface area (Å²) in [6, 6.07) is 7.65. The maximum atomic E-state index is 12.7. The van der Waals surface area contributed by atoms with Crippen LogP contribution in [-0.4, -0.2) is 33.7 Å². The van der Waals surface area contributed by atoms with Crippen LogP contribution in [0.25, 0.3) is 0 Å².